The second-order valence-electron chi connectivity index (χ2n) is 6.48. The summed E-state index contributed by atoms with van der Waals surface area (Å²) in [5, 5.41) is 9.64. The zero-order valence-electron chi connectivity index (χ0n) is 17.0. The molecule has 0 saturated heterocycles. The summed E-state index contributed by atoms with van der Waals surface area (Å²) in [6.45, 7) is 7.59. The molecule has 0 aliphatic rings. The number of aliphatic imine (C=N–C) groups is 1. The monoisotopic (exact) mass is 514 g/mol. The third kappa shape index (κ3) is 7.79. The van der Waals surface area contributed by atoms with Gasteiger partial charge in [0.2, 0.25) is 0 Å². The van der Waals surface area contributed by atoms with Crippen molar-refractivity contribution in [2.45, 2.75) is 52.7 Å². The second-order valence-corrected chi connectivity index (χ2v) is 7.74. The van der Waals surface area contributed by atoms with E-state index in [2.05, 4.69) is 46.9 Å². The summed E-state index contributed by atoms with van der Waals surface area (Å²) < 4.78 is 0. The lowest BCUT2D eigenvalue weighted by molar-refractivity contribution is 0.0939. The van der Waals surface area contributed by atoms with E-state index in [1.54, 1.807) is 7.05 Å². The molecule has 2 rings (SSSR count). The summed E-state index contributed by atoms with van der Waals surface area (Å²) in [5.74, 6) is 0.717. The lowest BCUT2D eigenvalue weighted by atomic mass is 10.1. The van der Waals surface area contributed by atoms with Crippen LogP contribution in [0.25, 0.3) is 0 Å². The molecule has 2 aromatic rings. The Hall–Kier alpha value is -1.61. The number of thiophene rings is 1. The molecule has 0 aliphatic carbocycles. The van der Waals surface area contributed by atoms with Crippen LogP contribution in [0, 0.1) is 0 Å². The maximum Gasteiger partial charge on any atom is 0.251 e. The van der Waals surface area contributed by atoms with Crippen LogP contribution in [-0.2, 0) is 19.5 Å². The van der Waals surface area contributed by atoms with Gasteiger partial charge in [0, 0.05) is 35.0 Å². The zero-order chi connectivity index (χ0) is 19.6. The first-order valence-electron chi connectivity index (χ1n) is 9.47. The number of nitrogens with zero attached hydrogens (tertiary/aromatic N) is 1. The van der Waals surface area contributed by atoms with Gasteiger partial charge in [-0.1, -0.05) is 26.0 Å². The van der Waals surface area contributed by atoms with Crippen LogP contribution in [0.3, 0.4) is 0 Å². The quantitative estimate of drug-likeness (QED) is 0.279. The van der Waals surface area contributed by atoms with Gasteiger partial charge in [0.1, 0.15) is 0 Å². The summed E-state index contributed by atoms with van der Waals surface area (Å²) in [6.07, 6.45) is 1.98. The molecule has 1 aromatic carbocycles. The van der Waals surface area contributed by atoms with Gasteiger partial charge in [-0.3, -0.25) is 9.79 Å². The maximum atomic E-state index is 12.3. The molecule has 1 aromatic heterocycles. The van der Waals surface area contributed by atoms with Gasteiger partial charge in [0.25, 0.3) is 5.91 Å². The van der Waals surface area contributed by atoms with Gasteiger partial charge in [-0.15, -0.1) is 35.3 Å². The number of aryl methyl sites for hydroxylation is 1. The number of rotatable bonds is 8. The molecule has 5 nitrogen and oxygen atoms in total. The average Bonchev–Trinajstić information content (AvgIpc) is 3.16. The van der Waals surface area contributed by atoms with E-state index in [9.17, 15) is 4.79 Å². The highest BCUT2D eigenvalue weighted by molar-refractivity contribution is 14.0. The van der Waals surface area contributed by atoms with Crippen molar-refractivity contribution >= 4 is 47.2 Å². The molecule has 1 atom stereocenters. The van der Waals surface area contributed by atoms with Gasteiger partial charge in [0.05, 0.1) is 6.54 Å². The van der Waals surface area contributed by atoms with Crippen molar-refractivity contribution in [1.29, 1.82) is 0 Å². The van der Waals surface area contributed by atoms with E-state index in [4.69, 9.17) is 0 Å². The Bertz CT molecular complexity index is 775. The highest BCUT2D eigenvalue weighted by atomic mass is 127. The lowest BCUT2D eigenvalue weighted by Gasteiger charge is -2.13. The van der Waals surface area contributed by atoms with Crippen LogP contribution in [0.5, 0.6) is 0 Å². The molecule has 154 valence electrons. The molecule has 28 heavy (non-hydrogen) atoms. The molecule has 1 amide bonds. The first-order chi connectivity index (χ1) is 13.0. The minimum Gasteiger partial charge on any atom is -0.352 e. The number of hydrogen-bond acceptors (Lipinski definition) is 3. The third-order valence-corrected chi connectivity index (χ3v) is 5.59. The number of hydrogen-bond donors (Lipinski definition) is 3. The summed E-state index contributed by atoms with van der Waals surface area (Å²) >= 11 is 1.82. The molecule has 3 N–H and O–H groups in total. The topological polar surface area (TPSA) is 65.5 Å². The van der Waals surface area contributed by atoms with Crippen LogP contribution >= 0.6 is 35.3 Å². The Kier molecular flexibility index (Phi) is 11.1. The normalized spacial score (nSPS) is 12.1. The average molecular weight is 514 g/mol. The Morgan fingerprint density at radius 1 is 1.11 bits per heavy atom. The summed E-state index contributed by atoms with van der Waals surface area (Å²) in [4.78, 5) is 19.2. The standard InChI is InChI=1S/C21H30N4OS.HI/c1-5-15(3)25-20(26)17-9-7-8-16(12-17)13-23-21(22-4)24-14-19-11-10-18(6-2)27-19;/h7-12,15H,5-6,13-14H2,1-4H3,(H,25,26)(H2,22,23,24);1H. The number of amides is 1. The van der Waals surface area contributed by atoms with Gasteiger partial charge in [-0.05, 0) is 49.6 Å². The van der Waals surface area contributed by atoms with E-state index < -0.39 is 0 Å². The molecular formula is C21H31IN4OS. The van der Waals surface area contributed by atoms with Crippen LogP contribution in [0.1, 0.15) is 52.9 Å². The van der Waals surface area contributed by atoms with E-state index in [0.717, 1.165) is 30.9 Å². The van der Waals surface area contributed by atoms with Gasteiger partial charge in [-0.2, -0.15) is 0 Å². The molecule has 1 heterocycles. The van der Waals surface area contributed by atoms with Crippen molar-refractivity contribution in [1.82, 2.24) is 16.0 Å². The van der Waals surface area contributed by atoms with Crippen LogP contribution < -0.4 is 16.0 Å². The van der Waals surface area contributed by atoms with E-state index in [1.165, 1.54) is 9.75 Å². The third-order valence-electron chi connectivity index (χ3n) is 4.36. The van der Waals surface area contributed by atoms with Gasteiger partial charge < -0.3 is 16.0 Å². The number of guanidine groups is 1. The van der Waals surface area contributed by atoms with Crippen molar-refractivity contribution in [3.8, 4) is 0 Å². The first-order valence-corrected chi connectivity index (χ1v) is 10.3. The van der Waals surface area contributed by atoms with E-state index >= 15 is 0 Å². The predicted molar refractivity (Wildman–Crippen MR) is 130 cm³/mol. The summed E-state index contributed by atoms with van der Waals surface area (Å²) in [5.41, 5.74) is 1.72. The Morgan fingerprint density at radius 3 is 2.46 bits per heavy atom. The molecule has 0 aliphatic heterocycles. The van der Waals surface area contributed by atoms with Crippen molar-refractivity contribution < 1.29 is 4.79 Å². The lowest BCUT2D eigenvalue weighted by Crippen LogP contribution is -2.36. The summed E-state index contributed by atoms with van der Waals surface area (Å²) in [7, 11) is 1.76. The Balaban J connectivity index is 0.00000392. The first kappa shape index (κ1) is 24.4. The molecule has 0 saturated carbocycles. The van der Waals surface area contributed by atoms with Crippen LogP contribution in [0.15, 0.2) is 41.4 Å². The van der Waals surface area contributed by atoms with E-state index in [1.807, 2.05) is 42.5 Å². The molecule has 0 spiro atoms. The molecular weight excluding hydrogens is 483 g/mol. The van der Waals surface area contributed by atoms with E-state index in [0.29, 0.717) is 12.1 Å². The van der Waals surface area contributed by atoms with E-state index in [-0.39, 0.29) is 35.9 Å². The number of nitrogens with one attached hydrogen (secondary N) is 3. The van der Waals surface area contributed by atoms with Crippen LogP contribution in [0.2, 0.25) is 0 Å². The molecule has 0 radical (unpaired) electrons. The largest absolute Gasteiger partial charge is 0.352 e. The van der Waals surface area contributed by atoms with Crippen LogP contribution in [0.4, 0.5) is 0 Å². The smallest absolute Gasteiger partial charge is 0.251 e. The minimum atomic E-state index is -0.0295. The fraction of sp³-hybridized carbons (Fsp3) is 0.429. The number of carbonyl (C=O) groups is 1. The van der Waals surface area contributed by atoms with Gasteiger partial charge in [0.15, 0.2) is 5.96 Å². The number of halogens is 1. The highest BCUT2D eigenvalue weighted by Crippen LogP contribution is 2.16. The van der Waals surface area contributed by atoms with Crippen molar-refractivity contribution in [3.05, 3.63) is 57.3 Å². The zero-order valence-corrected chi connectivity index (χ0v) is 20.2. The Morgan fingerprint density at radius 2 is 1.82 bits per heavy atom. The molecule has 0 fully saturated rings. The molecule has 1 unspecified atom stereocenters. The van der Waals surface area contributed by atoms with Crippen molar-refractivity contribution in [2.75, 3.05) is 7.05 Å². The second kappa shape index (κ2) is 12.8. The molecule has 0 bridgehead atoms. The Labute approximate surface area is 189 Å². The fourth-order valence-corrected chi connectivity index (χ4v) is 3.41. The predicted octanol–water partition coefficient (Wildman–Crippen LogP) is 4.32. The summed E-state index contributed by atoms with van der Waals surface area (Å²) in [6, 6.07) is 12.2. The number of carbonyl (C=O) groups excluding carboxylic acids is 1. The number of benzene rings is 1. The van der Waals surface area contributed by atoms with Gasteiger partial charge >= 0.3 is 0 Å². The van der Waals surface area contributed by atoms with Crippen LogP contribution in [-0.4, -0.2) is 25.0 Å². The minimum absolute atomic E-state index is 0. The van der Waals surface area contributed by atoms with Crippen molar-refractivity contribution in [2.24, 2.45) is 4.99 Å². The SMILES string of the molecule is CCc1ccc(CNC(=NC)NCc2cccc(C(=O)NC(C)CC)c2)s1.I. The van der Waals surface area contributed by atoms with Gasteiger partial charge in [-0.25, -0.2) is 0 Å². The molecule has 7 heteroatoms. The van der Waals surface area contributed by atoms with Crippen molar-refractivity contribution in [3.63, 3.8) is 0 Å². The highest BCUT2D eigenvalue weighted by Gasteiger charge is 2.09. The fourth-order valence-electron chi connectivity index (χ4n) is 2.52. The maximum absolute atomic E-state index is 12.3.